The van der Waals surface area contributed by atoms with Crippen molar-refractivity contribution in [2.24, 2.45) is 0 Å². The molecule has 2 atom stereocenters. The predicted octanol–water partition coefficient (Wildman–Crippen LogP) is 2.66. The minimum Gasteiger partial charge on any atom is -0.391 e. The van der Waals surface area contributed by atoms with Crippen molar-refractivity contribution >= 4 is 11.6 Å². The Balaban J connectivity index is 2.27. The highest BCUT2D eigenvalue weighted by molar-refractivity contribution is 5.59. The fourth-order valence-corrected chi connectivity index (χ4v) is 3.07. The second kappa shape index (κ2) is 7.07. The summed E-state index contributed by atoms with van der Waals surface area (Å²) in [4.78, 5) is 11.3. The molecular weight excluding hydrogens is 264 g/mol. The van der Waals surface area contributed by atoms with Gasteiger partial charge < -0.3 is 15.3 Å². The van der Waals surface area contributed by atoms with Crippen LogP contribution >= 0.6 is 0 Å². The van der Waals surface area contributed by atoms with Crippen molar-refractivity contribution in [3.63, 3.8) is 0 Å². The van der Waals surface area contributed by atoms with Crippen LogP contribution in [0.25, 0.3) is 0 Å². The van der Waals surface area contributed by atoms with Crippen molar-refractivity contribution in [1.82, 2.24) is 9.97 Å². The minimum absolute atomic E-state index is 0.158. The Morgan fingerprint density at radius 1 is 1.24 bits per heavy atom. The molecule has 1 saturated carbocycles. The first-order chi connectivity index (χ1) is 10.0. The molecule has 1 aromatic rings. The molecule has 2 unspecified atom stereocenters. The van der Waals surface area contributed by atoms with E-state index < -0.39 is 0 Å². The summed E-state index contributed by atoms with van der Waals surface area (Å²) in [6.07, 6.45) is 5.02. The van der Waals surface area contributed by atoms with Gasteiger partial charge in [-0.1, -0.05) is 19.8 Å². The first kappa shape index (κ1) is 16.0. The molecule has 2 rings (SSSR count). The summed E-state index contributed by atoms with van der Waals surface area (Å²) in [5.74, 6) is 2.62. The van der Waals surface area contributed by atoms with Crippen LogP contribution in [0.3, 0.4) is 0 Å². The van der Waals surface area contributed by atoms with Gasteiger partial charge >= 0.3 is 0 Å². The van der Waals surface area contributed by atoms with Gasteiger partial charge in [-0.05, 0) is 33.1 Å². The molecule has 21 heavy (non-hydrogen) atoms. The van der Waals surface area contributed by atoms with E-state index in [-0.39, 0.29) is 12.1 Å². The maximum atomic E-state index is 10.3. The van der Waals surface area contributed by atoms with Gasteiger partial charge in [0.15, 0.2) is 0 Å². The number of aromatic nitrogens is 2. The molecule has 2 N–H and O–H groups in total. The third-order valence-electron chi connectivity index (χ3n) is 4.30. The highest BCUT2D eigenvalue weighted by Crippen LogP contribution is 2.29. The van der Waals surface area contributed by atoms with Crippen molar-refractivity contribution in [3.05, 3.63) is 11.4 Å². The van der Waals surface area contributed by atoms with Crippen molar-refractivity contribution in [1.29, 1.82) is 0 Å². The molecule has 0 aliphatic heterocycles. The predicted molar refractivity (Wildman–Crippen MR) is 87.0 cm³/mol. The van der Waals surface area contributed by atoms with E-state index >= 15 is 0 Å². The Morgan fingerprint density at radius 2 is 1.95 bits per heavy atom. The van der Waals surface area contributed by atoms with Gasteiger partial charge in [-0.25, -0.2) is 9.97 Å². The second-order valence-corrected chi connectivity index (χ2v) is 6.02. The molecule has 0 aromatic carbocycles. The van der Waals surface area contributed by atoms with Crippen LogP contribution in [0.1, 0.15) is 50.4 Å². The number of hydrogen-bond donors (Lipinski definition) is 2. The van der Waals surface area contributed by atoms with Crippen molar-refractivity contribution in [3.8, 4) is 0 Å². The van der Waals surface area contributed by atoms with Crippen LogP contribution in [0.4, 0.5) is 11.6 Å². The lowest BCUT2D eigenvalue weighted by Crippen LogP contribution is -2.44. The molecule has 1 aliphatic carbocycles. The zero-order valence-corrected chi connectivity index (χ0v) is 13.7. The number of likely N-dealkylation sites (N-methyl/N-ethyl adjacent to an activating group) is 1. The van der Waals surface area contributed by atoms with Gasteiger partial charge in [0, 0.05) is 19.2 Å². The van der Waals surface area contributed by atoms with Crippen LogP contribution in [0.2, 0.25) is 0 Å². The molecule has 1 aliphatic rings. The van der Waals surface area contributed by atoms with Gasteiger partial charge in [-0.15, -0.1) is 0 Å². The first-order valence-corrected chi connectivity index (χ1v) is 8.04. The van der Waals surface area contributed by atoms with E-state index in [1.807, 2.05) is 14.0 Å². The summed E-state index contributed by atoms with van der Waals surface area (Å²) in [5, 5.41) is 13.6. The number of rotatable bonds is 5. The van der Waals surface area contributed by atoms with Crippen molar-refractivity contribution in [2.45, 2.75) is 65.0 Å². The molecule has 0 bridgehead atoms. The zero-order valence-electron chi connectivity index (χ0n) is 13.7. The maximum absolute atomic E-state index is 10.3. The highest BCUT2D eigenvalue weighted by Gasteiger charge is 2.28. The van der Waals surface area contributed by atoms with Gasteiger partial charge in [0.1, 0.15) is 17.5 Å². The van der Waals surface area contributed by atoms with Crippen LogP contribution in [0.15, 0.2) is 0 Å². The van der Waals surface area contributed by atoms with E-state index in [9.17, 15) is 5.11 Å². The molecule has 118 valence electrons. The Labute approximate surface area is 127 Å². The standard InChI is InChI=1S/C16H28N4O/c1-5-10-17-15-11(2)16(19-12(3)18-15)20(4)13-8-6-7-9-14(13)21/h13-14,21H,5-10H2,1-4H3,(H,17,18,19). The lowest BCUT2D eigenvalue weighted by Gasteiger charge is -2.36. The van der Waals surface area contributed by atoms with E-state index in [1.54, 1.807) is 0 Å². The van der Waals surface area contributed by atoms with E-state index in [0.29, 0.717) is 0 Å². The fraction of sp³-hybridized carbons (Fsp3) is 0.750. The normalized spacial score (nSPS) is 22.1. The monoisotopic (exact) mass is 292 g/mol. The lowest BCUT2D eigenvalue weighted by molar-refractivity contribution is 0.106. The Kier molecular flexibility index (Phi) is 5.39. The highest BCUT2D eigenvalue weighted by atomic mass is 16.3. The van der Waals surface area contributed by atoms with E-state index in [0.717, 1.165) is 55.3 Å². The van der Waals surface area contributed by atoms with Crippen molar-refractivity contribution < 1.29 is 5.11 Å². The average Bonchev–Trinajstić information content (AvgIpc) is 2.47. The topological polar surface area (TPSA) is 61.3 Å². The SMILES string of the molecule is CCCNc1nc(C)nc(N(C)C2CCCCC2O)c1C. The summed E-state index contributed by atoms with van der Waals surface area (Å²) in [5.41, 5.74) is 1.06. The minimum atomic E-state index is -0.259. The summed E-state index contributed by atoms with van der Waals surface area (Å²) in [7, 11) is 2.04. The third-order valence-corrected chi connectivity index (χ3v) is 4.30. The molecule has 0 saturated heterocycles. The largest absolute Gasteiger partial charge is 0.391 e. The summed E-state index contributed by atoms with van der Waals surface area (Å²) in [6.45, 7) is 7.03. The average molecular weight is 292 g/mol. The number of hydrogen-bond acceptors (Lipinski definition) is 5. The second-order valence-electron chi connectivity index (χ2n) is 6.02. The number of nitrogens with one attached hydrogen (secondary N) is 1. The molecule has 0 amide bonds. The Morgan fingerprint density at radius 3 is 2.62 bits per heavy atom. The zero-order chi connectivity index (χ0) is 15.4. The summed E-state index contributed by atoms with van der Waals surface area (Å²) in [6, 6.07) is 0.158. The first-order valence-electron chi connectivity index (χ1n) is 8.04. The van der Waals surface area contributed by atoms with Gasteiger partial charge in [-0.2, -0.15) is 0 Å². The number of aliphatic hydroxyl groups is 1. The summed E-state index contributed by atoms with van der Waals surface area (Å²) >= 11 is 0. The van der Waals surface area contributed by atoms with E-state index in [1.165, 1.54) is 6.42 Å². The third kappa shape index (κ3) is 3.64. The maximum Gasteiger partial charge on any atom is 0.137 e. The van der Waals surface area contributed by atoms with Gasteiger partial charge in [0.05, 0.1) is 12.1 Å². The Bertz CT molecular complexity index is 478. The molecule has 1 fully saturated rings. The molecule has 0 spiro atoms. The number of nitrogens with zero attached hydrogens (tertiary/aromatic N) is 3. The van der Waals surface area contributed by atoms with E-state index in [2.05, 4.69) is 34.0 Å². The Hall–Kier alpha value is -1.36. The number of anilines is 2. The molecule has 0 radical (unpaired) electrons. The molecule has 5 nitrogen and oxygen atoms in total. The van der Waals surface area contributed by atoms with Crippen LogP contribution in [0, 0.1) is 13.8 Å². The van der Waals surface area contributed by atoms with E-state index in [4.69, 9.17) is 0 Å². The van der Waals surface area contributed by atoms with Crippen LogP contribution in [-0.2, 0) is 0 Å². The fourth-order valence-electron chi connectivity index (χ4n) is 3.07. The summed E-state index contributed by atoms with van der Waals surface area (Å²) < 4.78 is 0. The van der Waals surface area contributed by atoms with Crippen LogP contribution < -0.4 is 10.2 Å². The van der Waals surface area contributed by atoms with Crippen LogP contribution in [0.5, 0.6) is 0 Å². The smallest absolute Gasteiger partial charge is 0.137 e. The van der Waals surface area contributed by atoms with Crippen LogP contribution in [-0.4, -0.2) is 40.8 Å². The molecule has 1 aromatic heterocycles. The number of aryl methyl sites for hydroxylation is 1. The number of aliphatic hydroxyl groups excluding tert-OH is 1. The molecule has 5 heteroatoms. The lowest BCUT2D eigenvalue weighted by atomic mass is 9.91. The van der Waals surface area contributed by atoms with Gasteiger partial charge in [0.2, 0.25) is 0 Å². The van der Waals surface area contributed by atoms with Gasteiger partial charge in [0.25, 0.3) is 0 Å². The quantitative estimate of drug-likeness (QED) is 0.873. The molecule has 1 heterocycles. The van der Waals surface area contributed by atoms with Crippen molar-refractivity contribution in [2.75, 3.05) is 23.8 Å². The van der Waals surface area contributed by atoms with Gasteiger partial charge in [-0.3, -0.25) is 0 Å². The molecular formula is C16H28N4O.